The topological polar surface area (TPSA) is 41.6 Å². The van der Waals surface area contributed by atoms with E-state index in [-0.39, 0.29) is 11.9 Å². The van der Waals surface area contributed by atoms with Gasteiger partial charge in [0.25, 0.3) is 5.91 Å². The number of nitrogens with zero attached hydrogens (tertiary/aromatic N) is 1. The van der Waals surface area contributed by atoms with Crippen molar-refractivity contribution in [1.82, 2.24) is 10.2 Å². The SMILES string of the molecule is CCOc1ccc(C(=O)N2CC(C)NCC2C)cc1. The molecule has 4 nitrogen and oxygen atoms in total. The predicted molar refractivity (Wildman–Crippen MR) is 75.6 cm³/mol. The first-order valence-corrected chi connectivity index (χ1v) is 6.89. The molecule has 0 aliphatic carbocycles. The van der Waals surface area contributed by atoms with E-state index >= 15 is 0 Å². The van der Waals surface area contributed by atoms with Crippen molar-refractivity contribution in [3.05, 3.63) is 29.8 Å². The summed E-state index contributed by atoms with van der Waals surface area (Å²) in [7, 11) is 0. The summed E-state index contributed by atoms with van der Waals surface area (Å²) in [5, 5.41) is 3.38. The molecule has 1 aromatic rings. The van der Waals surface area contributed by atoms with Crippen molar-refractivity contribution in [1.29, 1.82) is 0 Å². The van der Waals surface area contributed by atoms with Crippen molar-refractivity contribution in [2.24, 2.45) is 0 Å². The minimum Gasteiger partial charge on any atom is -0.494 e. The van der Waals surface area contributed by atoms with Crippen LogP contribution in [0.15, 0.2) is 24.3 Å². The van der Waals surface area contributed by atoms with Crippen LogP contribution in [0.25, 0.3) is 0 Å². The molecule has 19 heavy (non-hydrogen) atoms. The van der Waals surface area contributed by atoms with E-state index in [1.807, 2.05) is 36.1 Å². The molecular formula is C15H22N2O2. The molecule has 2 rings (SSSR count). The average Bonchev–Trinajstić information content (AvgIpc) is 2.42. The lowest BCUT2D eigenvalue weighted by Crippen LogP contribution is -2.56. The van der Waals surface area contributed by atoms with Crippen LogP contribution in [-0.2, 0) is 0 Å². The van der Waals surface area contributed by atoms with Gasteiger partial charge in [-0.15, -0.1) is 0 Å². The summed E-state index contributed by atoms with van der Waals surface area (Å²) in [6, 6.07) is 7.97. The molecule has 1 N–H and O–H groups in total. The smallest absolute Gasteiger partial charge is 0.254 e. The largest absolute Gasteiger partial charge is 0.494 e. The standard InChI is InChI=1S/C15H22N2O2/c1-4-19-14-7-5-13(6-8-14)15(18)17-10-11(2)16-9-12(17)3/h5-8,11-12,16H,4,9-10H2,1-3H3. The highest BCUT2D eigenvalue weighted by Crippen LogP contribution is 2.16. The third kappa shape index (κ3) is 3.26. The van der Waals surface area contributed by atoms with Gasteiger partial charge in [-0.25, -0.2) is 0 Å². The third-order valence-corrected chi connectivity index (χ3v) is 3.44. The molecule has 0 saturated carbocycles. The summed E-state index contributed by atoms with van der Waals surface area (Å²) < 4.78 is 5.39. The van der Waals surface area contributed by atoms with Crippen LogP contribution in [0, 0.1) is 0 Å². The number of nitrogens with one attached hydrogen (secondary N) is 1. The van der Waals surface area contributed by atoms with E-state index in [4.69, 9.17) is 4.74 Å². The Labute approximate surface area is 114 Å². The molecule has 104 valence electrons. The first-order valence-electron chi connectivity index (χ1n) is 6.89. The van der Waals surface area contributed by atoms with E-state index in [0.717, 1.165) is 24.4 Å². The number of carbonyl (C=O) groups is 1. The van der Waals surface area contributed by atoms with E-state index in [2.05, 4.69) is 19.2 Å². The lowest BCUT2D eigenvalue weighted by Gasteiger charge is -2.37. The van der Waals surface area contributed by atoms with Crippen molar-refractivity contribution < 1.29 is 9.53 Å². The molecule has 0 spiro atoms. The van der Waals surface area contributed by atoms with Gasteiger partial charge in [-0.2, -0.15) is 0 Å². The summed E-state index contributed by atoms with van der Waals surface area (Å²) in [6.45, 7) is 8.37. The summed E-state index contributed by atoms with van der Waals surface area (Å²) in [6.07, 6.45) is 0. The van der Waals surface area contributed by atoms with Crippen LogP contribution < -0.4 is 10.1 Å². The fraction of sp³-hybridized carbons (Fsp3) is 0.533. The maximum absolute atomic E-state index is 12.5. The predicted octanol–water partition coefficient (Wildman–Crippen LogP) is 1.91. The van der Waals surface area contributed by atoms with Crippen molar-refractivity contribution in [3.63, 3.8) is 0 Å². The molecule has 1 amide bonds. The lowest BCUT2D eigenvalue weighted by atomic mass is 10.1. The lowest BCUT2D eigenvalue weighted by molar-refractivity contribution is 0.0616. The number of rotatable bonds is 3. The highest BCUT2D eigenvalue weighted by Gasteiger charge is 2.27. The quantitative estimate of drug-likeness (QED) is 0.904. The molecule has 2 unspecified atom stereocenters. The van der Waals surface area contributed by atoms with Crippen LogP contribution >= 0.6 is 0 Å². The summed E-state index contributed by atoms with van der Waals surface area (Å²) in [5.74, 6) is 0.907. The van der Waals surface area contributed by atoms with Crippen molar-refractivity contribution in [3.8, 4) is 5.75 Å². The zero-order valence-electron chi connectivity index (χ0n) is 11.8. The number of piperazine rings is 1. The zero-order valence-corrected chi connectivity index (χ0v) is 11.8. The highest BCUT2D eigenvalue weighted by molar-refractivity contribution is 5.94. The van der Waals surface area contributed by atoms with Gasteiger partial charge in [0, 0.05) is 30.7 Å². The number of hydrogen-bond donors (Lipinski definition) is 1. The van der Waals surface area contributed by atoms with Gasteiger partial charge < -0.3 is 15.0 Å². The molecular weight excluding hydrogens is 240 g/mol. The fourth-order valence-electron chi connectivity index (χ4n) is 2.33. The number of hydrogen-bond acceptors (Lipinski definition) is 3. The van der Waals surface area contributed by atoms with Gasteiger partial charge in [-0.1, -0.05) is 0 Å². The molecule has 1 aliphatic heterocycles. The molecule has 4 heteroatoms. The van der Waals surface area contributed by atoms with E-state index in [9.17, 15) is 4.79 Å². The van der Waals surface area contributed by atoms with Crippen LogP contribution in [0.4, 0.5) is 0 Å². The minimum absolute atomic E-state index is 0.101. The Hall–Kier alpha value is -1.55. The maximum Gasteiger partial charge on any atom is 0.254 e. The number of benzene rings is 1. The minimum atomic E-state index is 0.101. The number of amides is 1. The molecule has 0 radical (unpaired) electrons. The normalized spacial score (nSPS) is 23.2. The van der Waals surface area contributed by atoms with Gasteiger partial charge in [0.1, 0.15) is 5.75 Å². The van der Waals surface area contributed by atoms with Gasteiger partial charge >= 0.3 is 0 Å². The van der Waals surface area contributed by atoms with Crippen LogP contribution in [0.2, 0.25) is 0 Å². The number of carbonyl (C=O) groups excluding carboxylic acids is 1. The Bertz CT molecular complexity index is 430. The zero-order chi connectivity index (χ0) is 13.8. The number of ether oxygens (including phenoxy) is 1. The van der Waals surface area contributed by atoms with Crippen molar-refractivity contribution in [2.75, 3.05) is 19.7 Å². The van der Waals surface area contributed by atoms with E-state index in [1.54, 1.807) is 0 Å². The molecule has 1 fully saturated rings. The van der Waals surface area contributed by atoms with Gasteiger partial charge in [0.05, 0.1) is 6.61 Å². The molecule has 1 aromatic carbocycles. The van der Waals surface area contributed by atoms with Gasteiger partial charge in [0.2, 0.25) is 0 Å². The van der Waals surface area contributed by atoms with Gasteiger partial charge in [-0.05, 0) is 45.0 Å². The Kier molecular flexibility index (Phi) is 4.43. The van der Waals surface area contributed by atoms with Crippen LogP contribution in [0.5, 0.6) is 5.75 Å². The van der Waals surface area contributed by atoms with Gasteiger partial charge in [0.15, 0.2) is 0 Å². The molecule has 1 saturated heterocycles. The first-order chi connectivity index (χ1) is 9.11. The van der Waals surface area contributed by atoms with Crippen molar-refractivity contribution in [2.45, 2.75) is 32.9 Å². The Morgan fingerprint density at radius 1 is 1.37 bits per heavy atom. The van der Waals surface area contributed by atoms with Gasteiger partial charge in [-0.3, -0.25) is 4.79 Å². The second-order valence-electron chi connectivity index (χ2n) is 5.07. The average molecular weight is 262 g/mol. The maximum atomic E-state index is 12.5. The molecule has 0 bridgehead atoms. The highest BCUT2D eigenvalue weighted by atomic mass is 16.5. The van der Waals surface area contributed by atoms with Crippen LogP contribution in [0.1, 0.15) is 31.1 Å². The van der Waals surface area contributed by atoms with Crippen molar-refractivity contribution >= 4 is 5.91 Å². The molecule has 0 aromatic heterocycles. The Morgan fingerprint density at radius 2 is 2.05 bits per heavy atom. The molecule has 1 aliphatic rings. The van der Waals surface area contributed by atoms with E-state index in [1.165, 1.54) is 0 Å². The summed E-state index contributed by atoms with van der Waals surface area (Å²) in [5.41, 5.74) is 0.726. The van der Waals surface area contributed by atoms with E-state index in [0.29, 0.717) is 12.6 Å². The van der Waals surface area contributed by atoms with Crippen LogP contribution in [0.3, 0.4) is 0 Å². The summed E-state index contributed by atoms with van der Waals surface area (Å²) >= 11 is 0. The Balaban J connectivity index is 2.09. The fourth-order valence-corrected chi connectivity index (χ4v) is 2.33. The van der Waals surface area contributed by atoms with Crippen LogP contribution in [-0.4, -0.2) is 42.6 Å². The first kappa shape index (κ1) is 13.9. The summed E-state index contributed by atoms with van der Waals surface area (Å²) in [4.78, 5) is 14.4. The molecule has 1 heterocycles. The third-order valence-electron chi connectivity index (χ3n) is 3.44. The van der Waals surface area contributed by atoms with E-state index < -0.39 is 0 Å². The second-order valence-corrected chi connectivity index (χ2v) is 5.07. The Morgan fingerprint density at radius 3 is 2.68 bits per heavy atom. The monoisotopic (exact) mass is 262 g/mol. The molecule has 2 atom stereocenters. The second kappa shape index (κ2) is 6.06.